The Balaban J connectivity index is 1.62. The number of nitrogens with zero attached hydrogens (tertiary/aromatic N) is 2. The summed E-state index contributed by atoms with van der Waals surface area (Å²) in [5.74, 6) is -6.12. The molecule has 0 aromatic heterocycles. The van der Waals surface area contributed by atoms with E-state index in [2.05, 4.69) is 5.32 Å². The number of hydrogen-bond donors (Lipinski definition) is 5. The molecule has 0 radical (unpaired) electrons. The van der Waals surface area contributed by atoms with Gasteiger partial charge >= 0.3 is 5.97 Å². The maximum absolute atomic E-state index is 13.0. The van der Waals surface area contributed by atoms with Crippen LogP contribution in [0, 0.1) is 0 Å². The average Bonchev–Trinajstić information content (AvgIpc) is 3.17. The summed E-state index contributed by atoms with van der Waals surface area (Å²) in [6.45, 7) is -0.610. The molecule has 0 atom stereocenters. The van der Waals surface area contributed by atoms with Gasteiger partial charge in [-0.05, 0) is 37.1 Å². The van der Waals surface area contributed by atoms with Gasteiger partial charge in [0, 0.05) is 25.9 Å². The molecule has 0 aliphatic carbocycles. The lowest BCUT2D eigenvalue weighted by Gasteiger charge is -2.23. The first-order chi connectivity index (χ1) is 17.6. The predicted molar refractivity (Wildman–Crippen MR) is 124 cm³/mol. The van der Waals surface area contributed by atoms with Gasteiger partial charge in [0.2, 0.25) is 0 Å². The summed E-state index contributed by atoms with van der Waals surface area (Å²) in [5.41, 5.74) is -0.404. The maximum atomic E-state index is 13.0. The van der Waals surface area contributed by atoms with Crippen LogP contribution in [0.1, 0.15) is 46.4 Å². The minimum Gasteiger partial charge on any atom is -0.504 e. The highest BCUT2D eigenvalue weighted by atomic mass is 16.7. The molecule has 5 N–H and O–H groups in total. The summed E-state index contributed by atoms with van der Waals surface area (Å²) >= 11 is 0. The monoisotopic (exact) mass is 515 g/mol. The van der Waals surface area contributed by atoms with E-state index in [0.29, 0.717) is 11.5 Å². The number of carbonyl (C=O) groups excluding carboxylic acids is 5. The van der Waals surface area contributed by atoms with Crippen molar-refractivity contribution in [2.75, 3.05) is 19.6 Å². The van der Waals surface area contributed by atoms with Crippen molar-refractivity contribution >= 4 is 29.6 Å². The molecule has 0 spiro atoms. The van der Waals surface area contributed by atoms with Crippen LogP contribution < -0.4 is 5.32 Å². The second-order valence-electron chi connectivity index (χ2n) is 8.08. The van der Waals surface area contributed by atoms with Crippen molar-refractivity contribution in [2.24, 2.45) is 0 Å². The van der Waals surface area contributed by atoms with Crippen LogP contribution in [0.4, 0.5) is 0 Å². The fraction of sp³-hybridized carbons (Fsp3) is 0.292. The Labute approximate surface area is 210 Å². The largest absolute Gasteiger partial charge is 0.504 e. The van der Waals surface area contributed by atoms with Gasteiger partial charge in [0.15, 0.2) is 23.0 Å². The predicted octanol–water partition coefficient (Wildman–Crippen LogP) is 0.769. The highest BCUT2D eigenvalue weighted by Gasteiger charge is 2.34. The number of rotatable bonds is 10. The van der Waals surface area contributed by atoms with Gasteiger partial charge in [-0.25, -0.2) is 4.79 Å². The quantitative estimate of drug-likeness (QED) is 0.171. The molecule has 1 fully saturated rings. The minimum absolute atomic E-state index is 0.0574. The molecule has 37 heavy (non-hydrogen) atoms. The normalized spacial score (nSPS) is 12.9. The number of benzene rings is 2. The van der Waals surface area contributed by atoms with E-state index < -0.39 is 59.1 Å². The highest BCUT2D eigenvalue weighted by Crippen LogP contribution is 2.29. The van der Waals surface area contributed by atoms with Crippen molar-refractivity contribution in [3.8, 4) is 23.0 Å². The molecule has 0 unspecified atom stereocenters. The van der Waals surface area contributed by atoms with Gasteiger partial charge in [0.25, 0.3) is 23.6 Å². The zero-order chi connectivity index (χ0) is 27.1. The first-order valence-electron chi connectivity index (χ1n) is 11.3. The molecular formula is C24H25N3O10. The van der Waals surface area contributed by atoms with Gasteiger partial charge in [-0.1, -0.05) is 12.1 Å². The van der Waals surface area contributed by atoms with Crippen molar-refractivity contribution < 1.29 is 49.2 Å². The number of imide groups is 1. The minimum atomic E-state index is -1.07. The number of carbonyl (C=O) groups is 5. The van der Waals surface area contributed by atoms with Crippen LogP contribution in [-0.4, -0.2) is 79.6 Å². The standard InChI is InChI=1S/C24H25N3O10/c28-16-7-3-5-14(21(16)33)23(35)25-11-1-2-12-26(24(36)15-6-4-8-17(29)22(15)34)13-20(32)37-27-18(30)9-10-19(27)31/h3-8,28-29,33-34H,1-2,9-13H2,(H,25,35). The van der Waals surface area contributed by atoms with Crippen LogP contribution in [0.3, 0.4) is 0 Å². The molecule has 1 aliphatic rings. The SMILES string of the molecule is O=C(CN(CCCCNC(=O)c1cccc(O)c1O)C(=O)c1cccc(O)c1O)ON1C(=O)CCC1=O. The van der Waals surface area contributed by atoms with Crippen LogP contribution in [-0.2, 0) is 19.2 Å². The van der Waals surface area contributed by atoms with E-state index in [1.54, 1.807) is 0 Å². The molecule has 196 valence electrons. The van der Waals surface area contributed by atoms with E-state index in [4.69, 9.17) is 4.84 Å². The Hall–Kier alpha value is -4.81. The number of aromatic hydroxyl groups is 4. The van der Waals surface area contributed by atoms with Gasteiger partial charge in [0.1, 0.15) is 6.54 Å². The molecule has 4 amide bonds. The first kappa shape index (κ1) is 26.8. The number of amides is 4. The average molecular weight is 515 g/mol. The summed E-state index contributed by atoms with van der Waals surface area (Å²) in [6, 6.07) is 7.68. The molecule has 13 heteroatoms. The van der Waals surface area contributed by atoms with Crippen molar-refractivity contribution in [1.29, 1.82) is 0 Å². The third kappa shape index (κ3) is 6.45. The Morgan fingerprint density at radius 3 is 2.05 bits per heavy atom. The van der Waals surface area contributed by atoms with Crippen molar-refractivity contribution in [1.82, 2.24) is 15.3 Å². The van der Waals surface area contributed by atoms with Gasteiger partial charge in [-0.3, -0.25) is 19.2 Å². The highest BCUT2D eigenvalue weighted by molar-refractivity contribution is 6.02. The van der Waals surface area contributed by atoms with E-state index in [0.717, 1.165) is 4.90 Å². The third-order valence-electron chi connectivity index (χ3n) is 5.45. The van der Waals surface area contributed by atoms with Crippen molar-refractivity contribution in [2.45, 2.75) is 25.7 Å². The summed E-state index contributed by atoms with van der Waals surface area (Å²) in [6.07, 6.45) is 0.377. The lowest BCUT2D eigenvalue weighted by Crippen LogP contribution is -2.41. The van der Waals surface area contributed by atoms with E-state index in [-0.39, 0.29) is 43.5 Å². The van der Waals surface area contributed by atoms with Crippen LogP contribution in [0.5, 0.6) is 23.0 Å². The van der Waals surface area contributed by atoms with Gasteiger partial charge in [0.05, 0.1) is 11.1 Å². The van der Waals surface area contributed by atoms with E-state index in [9.17, 15) is 44.4 Å². The van der Waals surface area contributed by atoms with Crippen molar-refractivity contribution in [3.05, 3.63) is 47.5 Å². The molecule has 1 heterocycles. The Kier molecular flexibility index (Phi) is 8.51. The lowest BCUT2D eigenvalue weighted by molar-refractivity contribution is -0.197. The lowest BCUT2D eigenvalue weighted by atomic mass is 10.1. The number of hydroxylamine groups is 2. The second-order valence-corrected chi connectivity index (χ2v) is 8.08. The summed E-state index contributed by atoms with van der Waals surface area (Å²) in [4.78, 5) is 66.9. The van der Waals surface area contributed by atoms with E-state index in [1.165, 1.54) is 36.4 Å². The smallest absolute Gasteiger partial charge is 0.352 e. The number of nitrogens with one attached hydrogen (secondary N) is 1. The summed E-state index contributed by atoms with van der Waals surface area (Å²) < 4.78 is 0. The van der Waals surface area contributed by atoms with Crippen LogP contribution in [0.25, 0.3) is 0 Å². The molecule has 1 saturated heterocycles. The number of hydrogen-bond acceptors (Lipinski definition) is 10. The van der Waals surface area contributed by atoms with Crippen LogP contribution >= 0.6 is 0 Å². The molecule has 2 aromatic carbocycles. The van der Waals surface area contributed by atoms with E-state index >= 15 is 0 Å². The number of para-hydroxylation sites is 2. The fourth-order valence-corrected chi connectivity index (χ4v) is 3.51. The molecule has 3 rings (SSSR count). The van der Waals surface area contributed by atoms with E-state index in [1.807, 2.05) is 0 Å². The summed E-state index contributed by atoms with van der Waals surface area (Å²) in [5, 5.41) is 42.0. The first-order valence-corrected chi connectivity index (χ1v) is 11.3. The zero-order valence-electron chi connectivity index (χ0n) is 19.5. The zero-order valence-corrected chi connectivity index (χ0v) is 19.5. The molecule has 0 saturated carbocycles. The molecular weight excluding hydrogens is 490 g/mol. The topological polar surface area (TPSA) is 194 Å². The van der Waals surface area contributed by atoms with Crippen molar-refractivity contribution in [3.63, 3.8) is 0 Å². The van der Waals surface area contributed by atoms with Gasteiger partial charge in [-0.15, -0.1) is 5.06 Å². The number of phenolic OH excluding ortho intramolecular Hbond substituents is 4. The Morgan fingerprint density at radius 2 is 1.43 bits per heavy atom. The second kappa shape index (κ2) is 11.7. The van der Waals surface area contributed by atoms with Crippen LogP contribution in [0.2, 0.25) is 0 Å². The molecule has 13 nitrogen and oxygen atoms in total. The number of unbranched alkanes of at least 4 members (excludes halogenated alkanes) is 1. The Bertz CT molecular complexity index is 1210. The fourth-order valence-electron chi connectivity index (χ4n) is 3.51. The molecule has 0 bridgehead atoms. The third-order valence-corrected chi connectivity index (χ3v) is 5.45. The maximum Gasteiger partial charge on any atom is 0.352 e. The number of phenols is 4. The van der Waals surface area contributed by atoms with Gasteiger partial charge < -0.3 is 35.5 Å². The molecule has 1 aliphatic heterocycles. The molecule has 2 aromatic rings. The van der Waals surface area contributed by atoms with Crippen LogP contribution in [0.15, 0.2) is 36.4 Å². The Morgan fingerprint density at radius 1 is 0.865 bits per heavy atom. The van der Waals surface area contributed by atoms with Gasteiger partial charge in [-0.2, -0.15) is 0 Å². The summed E-state index contributed by atoms with van der Waals surface area (Å²) in [7, 11) is 0.